The average Bonchev–Trinajstić information content (AvgIpc) is 2.45. The van der Waals surface area contributed by atoms with Crippen molar-refractivity contribution in [2.24, 2.45) is 0 Å². The van der Waals surface area contributed by atoms with E-state index in [0.29, 0.717) is 0 Å². The van der Waals surface area contributed by atoms with Gasteiger partial charge in [0, 0.05) is 5.02 Å². The third-order valence-corrected chi connectivity index (χ3v) is 2.92. The molecule has 0 aliphatic carbocycles. The standard InChI is InChI=1S/C15H10ClFO4/c16-9-5-6-11(13(18)7-9)15(20)21-8-14(19)10-3-1-2-4-12(10)17/h1-7,18H,8H2. The zero-order chi connectivity index (χ0) is 15.4. The topological polar surface area (TPSA) is 63.6 Å². The van der Waals surface area contributed by atoms with E-state index in [1.165, 1.54) is 36.4 Å². The summed E-state index contributed by atoms with van der Waals surface area (Å²) in [5, 5.41) is 9.81. The van der Waals surface area contributed by atoms with Gasteiger partial charge in [-0.3, -0.25) is 4.79 Å². The first-order valence-corrected chi connectivity index (χ1v) is 6.30. The number of carbonyl (C=O) groups is 2. The highest BCUT2D eigenvalue weighted by Gasteiger charge is 2.17. The van der Waals surface area contributed by atoms with Crippen LogP contribution in [0.5, 0.6) is 5.75 Å². The smallest absolute Gasteiger partial charge is 0.342 e. The van der Waals surface area contributed by atoms with Gasteiger partial charge in [-0.15, -0.1) is 0 Å². The second kappa shape index (κ2) is 6.37. The molecule has 0 spiro atoms. The fourth-order valence-electron chi connectivity index (χ4n) is 1.65. The fourth-order valence-corrected chi connectivity index (χ4v) is 1.82. The molecule has 0 radical (unpaired) electrons. The number of rotatable bonds is 4. The Labute approximate surface area is 124 Å². The predicted molar refractivity (Wildman–Crippen MR) is 74.1 cm³/mol. The summed E-state index contributed by atoms with van der Waals surface area (Å²) in [7, 11) is 0. The van der Waals surface area contributed by atoms with E-state index in [2.05, 4.69) is 0 Å². The van der Waals surface area contributed by atoms with E-state index < -0.39 is 24.2 Å². The van der Waals surface area contributed by atoms with Crippen LogP contribution < -0.4 is 0 Å². The van der Waals surface area contributed by atoms with Crippen LogP contribution in [-0.2, 0) is 4.74 Å². The number of phenolic OH excluding ortho intramolecular Hbond substituents is 1. The van der Waals surface area contributed by atoms with Crippen LogP contribution in [0.4, 0.5) is 4.39 Å². The number of hydrogen-bond donors (Lipinski definition) is 1. The van der Waals surface area contributed by atoms with Crippen LogP contribution in [-0.4, -0.2) is 23.5 Å². The first kappa shape index (κ1) is 15.0. The van der Waals surface area contributed by atoms with Crippen molar-refractivity contribution in [1.29, 1.82) is 0 Å². The lowest BCUT2D eigenvalue weighted by molar-refractivity contribution is 0.0470. The van der Waals surface area contributed by atoms with Crippen molar-refractivity contribution in [3.05, 3.63) is 64.4 Å². The van der Waals surface area contributed by atoms with E-state index in [9.17, 15) is 19.1 Å². The molecule has 2 aromatic rings. The third kappa shape index (κ3) is 3.58. The lowest BCUT2D eigenvalue weighted by atomic mass is 10.1. The number of ketones is 1. The quantitative estimate of drug-likeness (QED) is 0.696. The van der Waals surface area contributed by atoms with Gasteiger partial charge >= 0.3 is 5.97 Å². The normalized spacial score (nSPS) is 10.2. The zero-order valence-corrected chi connectivity index (χ0v) is 11.4. The Balaban J connectivity index is 2.04. The monoisotopic (exact) mass is 308 g/mol. The fraction of sp³-hybridized carbons (Fsp3) is 0.0667. The molecule has 0 saturated carbocycles. The number of esters is 1. The van der Waals surface area contributed by atoms with E-state index in [-0.39, 0.29) is 21.9 Å². The van der Waals surface area contributed by atoms with Gasteiger partial charge in [0.1, 0.15) is 17.1 Å². The summed E-state index contributed by atoms with van der Waals surface area (Å²) in [4.78, 5) is 23.5. The van der Waals surface area contributed by atoms with E-state index in [1.54, 1.807) is 0 Å². The minimum atomic E-state index is -0.895. The van der Waals surface area contributed by atoms with Gasteiger partial charge in [0.2, 0.25) is 5.78 Å². The van der Waals surface area contributed by atoms with Crippen LogP contribution in [0.15, 0.2) is 42.5 Å². The molecule has 0 atom stereocenters. The van der Waals surface area contributed by atoms with Gasteiger partial charge in [0.15, 0.2) is 6.61 Å². The number of carbonyl (C=O) groups excluding carboxylic acids is 2. The third-order valence-electron chi connectivity index (χ3n) is 2.69. The second-order valence-corrected chi connectivity index (χ2v) is 4.58. The van der Waals surface area contributed by atoms with Crippen LogP contribution in [0, 0.1) is 5.82 Å². The highest BCUT2D eigenvalue weighted by atomic mass is 35.5. The molecular formula is C15H10ClFO4. The maximum absolute atomic E-state index is 13.4. The van der Waals surface area contributed by atoms with Crippen LogP contribution in [0.25, 0.3) is 0 Å². The van der Waals surface area contributed by atoms with E-state index in [0.717, 1.165) is 6.07 Å². The van der Waals surface area contributed by atoms with Crippen molar-refractivity contribution < 1.29 is 23.8 Å². The Kier molecular flexibility index (Phi) is 4.55. The Hall–Kier alpha value is -2.40. The maximum atomic E-state index is 13.4. The van der Waals surface area contributed by atoms with Crippen LogP contribution >= 0.6 is 11.6 Å². The molecule has 0 heterocycles. The predicted octanol–water partition coefficient (Wildman–Crippen LogP) is 3.22. The summed E-state index contributed by atoms with van der Waals surface area (Å²) < 4.78 is 18.1. The Bertz CT molecular complexity index is 700. The summed E-state index contributed by atoms with van der Waals surface area (Å²) in [6, 6.07) is 9.24. The molecule has 0 aromatic heterocycles. The van der Waals surface area contributed by atoms with E-state index in [1.807, 2.05) is 0 Å². The van der Waals surface area contributed by atoms with Crippen molar-refractivity contribution in [3.63, 3.8) is 0 Å². The van der Waals surface area contributed by atoms with Gasteiger partial charge < -0.3 is 9.84 Å². The minimum absolute atomic E-state index is 0.124. The first-order valence-electron chi connectivity index (χ1n) is 5.92. The molecule has 1 N–H and O–H groups in total. The molecule has 2 aromatic carbocycles. The highest BCUT2D eigenvalue weighted by Crippen LogP contribution is 2.22. The van der Waals surface area contributed by atoms with E-state index >= 15 is 0 Å². The Morgan fingerprint density at radius 2 is 1.86 bits per heavy atom. The summed E-state index contributed by atoms with van der Waals surface area (Å²) >= 11 is 5.64. The van der Waals surface area contributed by atoms with Crippen molar-refractivity contribution in [1.82, 2.24) is 0 Å². The summed E-state index contributed by atoms with van der Waals surface area (Å²) in [5.41, 5.74) is -0.286. The Morgan fingerprint density at radius 1 is 1.14 bits per heavy atom. The highest BCUT2D eigenvalue weighted by molar-refractivity contribution is 6.30. The van der Waals surface area contributed by atoms with Gasteiger partial charge in [-0.05, 0) is 30.3 Å². The van der Waals surface area contributed by atoms with Crippen LogP contribution in [0.1, 0.15) is 20.7 Å². The average molecular weight is 309 g/mol. The number of ether oxygens (including phenoxy) is 1. The van der Waals surface area contributed by atoms with Gasteiger partial charge in [-0.1, -0.05) is 23.7 Å². The Morgan fingerprint density at radius 3 is 2.52 bits per heavy atom. The summed E-state index contributed by atoms with van der Waals surface area (Å²) in [6.45, 7) is -0.623. The number of phenols is 1. The molecule has 0 saturated heterocycles. The molecule has 108 valence electrons. The molecule has 0 amide bonds. The molecule has 21 heavy (non-hydrogen) atoms. The molecule has 0 fully saturated rings. The summed E-state index contributed by atoms with van der Waals surface area (Å²) in [5.74, 6) is -2.61. The molecule has 0 bridgehead atoms. The minimum Gasteiger partial charge on any atom is -0.507 e. The number of hydrogen-bond acceptors (Lipinski definition) is 4. The van der Waals surface area contributed by atoms with Gasteiger partial charge in [-0.25, -0.2) is 9.18 Å². The number of Topliss-reactive ketones (excluding diaryl/α,β-unsaturated/α-hetero) is 1. The van der Waals surface area contributed by atoms with Crippen molar-refractivity contribution in [3.8, 4) is 5.75 Å². The molecule has 0 unspecified atom stereocenters. The van der Waals surface area contributed by atoms with Crippen LogP contribution in [0.3, 0.4) is 0 Å². The molecule has 6 heteroatoms. The molecule has 4 nitrogen and oxygen atoms in total. The second-order valence-electron chi connectivity index (χ2n) is 4.14. The molecule has 0 aliphatic rings. The number of aromatic hydroxyl groups is 1. The van der Waals surface area contributed by atoms with Gasteiger partial charge in [-0.2, -0.15) is 0 Å². The van der Waals surface area contributed by atoms with E-state index in [4.69, 9.17) is 16.3 Å². The van der Waals surface area contributed by atoms with Crippen LogP contribution in [0.2, 0.25) is 5.02 Å². The first-order chi connectivity index (χ1) is 9.99. The molecule has 0 aliphatic heterocycles. The number of benzene rings is 2. The summed E-state index contributed by atoms with van der Waals surface area (Å²) in [6.07, 6.45) is 0. The SMILES string of the molecule is O=C(OCC(=O)c1ccccc1F)c1ccc(Cl)cc1O. The maximum Gasteiger partial charge on any atom is 0.342 e. The molecular weight excluding hydrogens is 299 g/mol. The van der Waals surface area contributed by atoms with Crippen molar-refractivity contribution in [2.45, 2.75) is 0 Å². The van der Waals surface area contributed by atoms with Crippen molar-refractivity contribution >= 4 is 23.4 Å². The van der Waals surface area contributed by atoms with Gasteiger partial charge in [0.05, 0.1) is 5.56 Å². The lowest BCUT2D eigenvalue weighted by Crippen LogP contribution is -2.15. The van der Waals surface area contributed by atoms with Crippen molar-refractivity contribution in [2.75, 3.05) is 6.61 Å². The largest absolute Gasteiger partial charge is 0.507 e. The number of halogens is 2. The zero-order valence-electron chi connectivity index (χ0n) is 10.7. The lowest BCUT2D eigenvalue weighted by Gasteiger charge is -2.06. The molecule has 2 rings (SSSR count). The van der Waals surface area contributed by atoms with Gasteiger partial charge in [0.25, 0.3) is 0 Å².